The number of carbonyl (C=O) groups excluding carboxylic acids is 3. The number of cyclic esters (lactones) is 2. The molecule has 2 N–H and O–H groups in total. The maximum absolute atomic E-state index is 13.1. The normalized spacial score (nSPS) is 46.8. The van der Waals surface area contributed by atoms with Crippen molar-refractivity contribution in [1.82, 2.24) is 0 Å². The lowest BCUT2D eigenvalue weighted by molar-refractivity contribution is -0.233. The molecule has 36 heavy (non-hydrogen) atoms. The van der Waals surface area contributed by atoms with E-state index in [1.807, 2.05) is 6.92 Å². The van der Waals surface area contributed by atoms with Gasteiger partial charge in [0.05, 0.1) is 30.8 Å². The zero-order valence-corrected chi connectivity index (χ0v) is 21.1. The molecule has 3 heterocycles. The number of ether oxygens (including phenoxy) is 5. The Balaban J connectivity index is 1.52. The molecule has 5 aliphatic rings. The number of esters is 3. The van der Waals surface area contributed by atoms with Gasteiger partial charge in [-0.25, -0.2) is 9.59 Å². The Kier molecular flexibility index (Phi) is 6.37. The van der Waals surface area contributed by atoms with Gasteiger partial charge in [-0.2, -0.15) is 0 Å². The van der Waals surface area contributed by atoms with Gasteiger partial charge < -0.3 is 29.4 Å². The Labute approximate surface area is 211 Å². The summed E-state index contributed by atoms with van der Waals surface area (Å²) in [6.45, 7) is 6.70. The molecule has 196 valence electrons. The van der Waals surface area contributed by atoms with Crippen LogP contribution in [0.2, 0.25) is 0 Å². The zero-order valence-electron chi connectivity index (χ0n) is 21.1. The molecule has 0 radical (unpaired) electrons. The van der Waals surface area contributed by atoms with Crippen molar-refractivity contribution >= 4 is 17.9 Å². The summed E-state index contributed by atoms with van der Waals surface area (Å²) < 4.78 is 29.8. The van der Waals surface area contributed by atoms with Crippen molar-refractivity contribution in [3.63, 3.8) is 0 Å². The highest BCUT2D eigenvalue weighted by Crippen LogP contribution is 2.72. The third-order valence-electron chi connectivity index (χ3n) is 9.23. The predicted molar refractivity (Wildman–Crippen MR) is 127 cm³/mol. The maximum Gasteiger partial charge on any atom is 0.331 e. The van der Waals surface area contributed by atoms with Crippen LogP contribution in [-0.4, -0.2) is 67.7 Å². The number of allylic oxidation sites excluding steroid dienone is 3. The van der Waals surface area contributed by atoms with Crippen LogP contribution >= 0.6 is 0 Å². The van der Waals surface area contributed by atoms with E-state index in [1.54, 1.807) is 0 Å². The first kappa shape index (κ1) is 25.2. The highest BCUT2D eigenvalue weighted by Gasteiger charge is 2.83. The van der Waals surface area contributed by atoms with Crippen LogP contribution in [0.25, 0.3) is 0 Å². The van der Waals surface area contributed by atoms with Gasteiger partial charge in [0.2, 0.25) is 0 Å². The summed E-state index contributed by atoms with van der Waals surface area (Å²) in [5, 5.41) is 0. The second-order valence-electron chi connectivity index (χ2n) is 11.0. The Morgan fingerprint density at radius 3 is 2.47 bits per heavy atom. The lowest BCUT2D eigenvalue weighted by atomic mass is 9.51. The van der Waals surface area contributed by atoms with Gasteiger partial charge >= 0.3 is 17.9 Å². The largest absolute Gasteiger partial charge is 0.464 e. The SMILES string of the molecule is CC1=C[C@H]2OC3CC4OC(=O)/C=C\C=C\C(=O)OCC[C@@H](C)C(N)C(=O)OC[C@@]2(CC1)C4(C)[C@]31CO1. The summed E-state index contributed by atoms with van der Waals surface area (Å²) in [7, 11) is 0. The number of hydrogen-bond acceptors (Lipinski definition) is 9. The van der Waals surface area contributed by atoms with E-state index in [0.717, 1.165) is 6.42 Å². The number of epoxide rings is 1. The van der Waals surface area contributed by atoms with E-state index in [4.69, 9.17) is 29.4 Å². The summed E-state index contributed by atoms with van der Waals surface area (Å²) in [6, 6.07) is -0.870. The molecule has 0 aromatic carbocycles. The van der Waals surface area contributed by atoms with Crippen molar-refractivity contribution in [2.45, 2.75) is 76.4 Å². The highest BCUT2D eigenvalue weighted by molar-refractivity contribution is 5.84. The van der Waals surface area contributed by atoms with Crippen LogP contribution in [0.3, 0.4) is 0 Å². The van der Waals surface area contributed by atoms with Crippen LogP contribution in [0.4, 0.5) is 0 Å². The summed E-state index contributed by atoms with van der Waals surface area (Å²) in [5.41, 5.74) is 5.57. The van der Waals surface area contributed by atoms with Gasteiger partial charge in [0.25, 0.3) is 0 Å². The molecular weight excluding hydrogens is 466 g/mol. The monoisotopic (exact) mass is 501 g/mol. The second-order valence-corrected chi connectivity index (χ2v) is 11.0. The number of rotatable bonds is 0. The quantitative estimate of drug-likeness (QED) is 0.230. The van der Waals surface area contributed by atoms with Crippen LogP contribution in [0.5, 0.6) is 0 Å². The molecule has 2 spiro atoms. The van der Waals surface area contributed by atoms with Gasteiger partial charge in [0.1, 0.15) is 24.4 Å². The summed E-state index contributed by atoms with van der Waals surface area (Å²) in [4.78, 5) is 37.8. The average molecular weight is 502 g/mol. The molecule has 2 aliphatic carbocycles. The van der Waals surface area contributed by atoms with Gasteiger partial charge in [-0.1, -0.05) is 37.6 Å². The lowest BCUT2D eigenvalue weighted by Gasteiger charge is -2.58. The van der Waals surface area contributed by atoms with Gasteiger partial charge in [-0.05, 0) is 32.1 Å². The smallest absolute Gasteiger partial charge is 0.331 e. The first-order valence-electron chi connectivity index (χ1n) is 12.7. The van der Waals surface area contributed by atoms with E-state index >= 15 is 0 Å². The molecule has 8 atom stereocenters. The molecule has 9 heteroatoms. The van der Waals surface area contributed by atoms with Crippen molar-refractivity contribution < 1.29 is 38.1 Å². The highest BCUT2D eigenvalue weighted by atomic mass is 16.6. The first-order valence-corrected chi connectivity index (χ1v) is 12.7. The topological polar surface area (TPSA) is 127 Å². The van der Waals surface area contributed by atoms with Gasteiger partial charge in [-0.15, -0.1) is 0 Å². The molecule has 9 nitrogen and oxygen atoms in total. The van der Waals surface area contributed by atoms with Crippen LogP contribution in [0.15, 0.2) is 36.0 Å². The summed E-state index contributed by atoms with van der Waals surface area (Å²) in [5.74, 6) is -1.84. The predicted octanol–water partition coefficient (Wildman–Crippen LogP) is 2.14. The summed E-state index contributed by atoms with van der Waals surface area (Å²) in [6.07, 6.45) is 8.93. The minimum absolute atomic E-state index is 0.0800. The van der Waals surface area contributed by atoms with Crippen LogP contribution < -0.4 is 5.73 Å². The molecule has 2 bridgehead atoms. The van der Waals surface area contributed by atoms with Crippen molar-refractivity contribution in [3.05, 3.63) is 36.0 Å². The van der Waals surface area contributed by atoms with Crippen molar-refractivity contribution in [2.75, 3.05) is 19.8 Å². The van der Waals surface area contributed by atoms with E-state index in [1.165, 1.54) is 29.9 Å². The van der Waals surface area contributed by atoms with E-state index in [0.29, 0.717) is 25.9 Å². The van der Waals surface area contributed by atoms with Crippen LogP contribution in [0.1, 0.15) is 46.5 Å². The second kappa shape index (κ2) is 9.11. The fourth-order valence-electron chi connectivity index (χ4n) is 6.68. The molecule has 0 aromatic rings. The molecule has 2 saturated heterocycles. The minimum atomic E-state index is -0.870. The molecular formula is C27H35NO8. The Morgan fingerprint density at radius 2 is 1.75 bits per heavy atom. The van der Waals surface area contributed by atoms with Crippen molar-refractivity contribution in [3.8, 4) is 0 Å². The lowest BCUT2D eigenvalue weighted by Crippen LogP contribution is -2.67. The molecule has 1 saturated carbocycles. The van der Waals surface area contributed by atoms with Gasteiger partial charge in [0, 0.05) is 24.0 Å². The fourth-order valence-corrected chi connectivity index (χ4v) is 6.68. The van der Waals surface area contributed by atoms with Gasteiger partial charge in [0.15, 0.2) is 0 Å². The molecule has 5 rings (SSSR count). The molecule has 3 aliphatic heterocycles. The Bertz CT molecular complexity index is 1030. The number of carbonyl (C=O) groups is 3. The van der Waals surface area contributed by atoms with E-state index in [-0.39, 0.29) is 31.3 Å². The van der Waals surface area contributed by atoms with Crippen LogP contribution in [-0.2, 0) is 38.1 Å². The zero-order chi connectivity index (χ0) is 25.7. The average Bonchev–Trinajstić information content (AvgIpc) is 3.62. The Hall–Kier alpha value is -2.49. The molecule has 0 aromatic heterocycles. The fraction of sp³-hybridized carbons (Fsp3) is 0.667. The van der Waals surface area contributed by atoms with Gasteiger partial charge in [-0.3, -0.25) is 4.79 Å². The Morgan fingerprint density at radius 1 is 1.03 bits per heavy atom. The minimum Gasteiger partial charge on any atom is -0.464 e. The van der Waals surface area contributed by atoms with Crippen molar-refractivity contribution in [2.24, 2.45) is 22.5 Å². The number of nitrogens with two attached hydrogens (primary N) is 1. The summed E-state index contributed by atoms with van der Waals surface area (Å²) >= 11 is 0. The molecule has 4 unspecified atom stereocenters. The van der Waals surface area contributed by atoms with Crippen molar-refractivity contribution in [1.29, 1.82) is 0 Å². The molecule has 3 fully saturated rings. The van der Waals surface area contributed by atoms with Crippen LogP contribution in [0, 0.1) is 16.7 Å². The third kappa shape index (κ3) is 3.83. The maximum atomic E-state index is 13.1. The number of hydrogen-bond donors (Lipinski definition) is 1. The molecule has 0 amide bonds. The van der Waals surface area contributed by atoms with E-state index in [9.17, 15) is 14.4 Å². The van der Waals surface area contributed by atoms with E-state index in [2.05, 4.69) is 19.9 Å². The van der Waals surface area contributed by atoms with E-state index < -0.39 is 46.5 Å². The standard InChI is InChI=1S/C27H35NO8/c1-16-8-10-26-14-33-24(31)23(28)17(2)9-11-32-21(29)6-4-5-7-22(30)36-18-13-20(35-19(26)12-16)27(15-34-27)25(18,26)3/h4-7,12,17-20,23H,8-11,13-15,28H2,1-3H3/b6-4+,7-5-/t17-,18?,19-,20?,23?,25?,26-,27+/m1/s1. The first-order chi connectivity index (χ1) is 17.1. The third-order valence-corrected chi connectivity index (χ3v) is 9.23.